The number of ether oxygens (including phenoxy) is 1. The normalized spacial score (nSPS) is 17.0. The molecule has 7 heteroatoms. The molecule has 0 saturated carbocycles. The highest BCUT2D eigenvalue weighted by molar-refractivity contribution is 6.06. The Hall–Kier alpha value is -2.96. The van der Waals surface area contributed by atoms with Gasteiger partial charge in [-0.3, -0.25) is 15.1 Å². The fourth-order valence-electron chi connectivity index (χ4n) is 3.65. The third-order valence-corrected chi connectivity index (χ3v) is 5.09. The van der Waals surface area contributed by atoms with Gasteiger partial charge in [0, 0.05) is 16.6 Å². The molecule has 3 rings (SSSR count). The summed E-state index contributed by atoms with van der Waals surface area (Å²) in [5, 5.41) is 5.58. The lowest BCUT2D eigenvalue weighted by Crippen LogP contribution is -2.50. The van der Waals surface area contributed by atoms with Crippen molar-refractivity contribution < 1.29 is 19.1 Å². The van der Waals surface area contributed by atoms with E-state index in [0.29, 0.717) is 16.9 Å². The molecule has 0 bridgehead atoms. The molecule has 0 unspecified atom stereocenters. The van der Waals surface area contributed by atoms with Gasteiger partial charge >= 0.3 is 12.0 Å². The SMILES string of the molecule is C[C@H]1CCc2nc3ccccc3c(C(=O)O[C@@H](C)C(=O)NC(=O)NC(C)(C)C)c2C1. The molecule has 0 fully saturated rings. The van der Waals surface area contributed by atoms with Gasteiger partial charge < -0.3 is 10.1 Å². The standard InChI is InChI=1S/C23H29N3O4/c1-13-10-11-18-16(12-13)19(15-8-6-7-9-17(15)24-18)21(28)30-14(2)20(27)25-22(29)26-23(3,4)5/h6-9,13-14H,10-12H2,1-5H3,(H2,25,26,27,29)/t13-,14-/m0/s1. The number of nitrogens with zero attached hydrogens (tertiary/aromatic N) is 1. The van der Waals surface area contributed by atoms with Crippen LogP contribution in [-0.2, 0) is 22.4 Å². The van der Waals surface area contributed by atoms with Crippen LogP contribution in [0, 0.1) is 5.92 Å². The maximum absolute atomic E-state index is 13.1. The van der Waals surface area contributed by atoms with Crippen LogP contribution in [0.3, 0.4) is 0 Å². The molecule has 1 aromatic heterocycles. The van der Waals surface area contributed by atoms with Crippen molar-refractivity contribution in [2.75, 3.05) is 0 Å². The van der Waals surface area contributed by atoms with E-state index in [0.717, 1.165) is 36.0 Å². The molecule has 0 radical (unpaired) electrons. The predicted octanol–water partition coefficient (Wildman–Crippen LogP) is 3.53. The first kappa shape index (κ1) is 21.7. The number of carbonyl (C=O) groups is 3. The summed E-state index contributed by atoms with van der Waals surface area (Å²) in [5.74, 6) is -0.808. The molecule has 0 aliphatic heterocycles. The number of hydrogen-bond donors (Lipinski definition) is 2. The molecule has 2 aromatic rings. The number of benzene rings is 1. The molecule has 0 spiro atoms. The van der Waals surface area contributed by atoms with Crippen molar-refractivity contribution in [3.8, 4) is 0 Å². The maximum Gasteiger partial charge on any atom is 0.339 e. The molecule has 160 valence electrons. The van der Waals surface area contributed by atoms with E-state index in [1.807, 2.05) is 24.3 Å². The summed E-state index contributed by atoms with van der Waals surface area (Å²) in [6.45, 7) is 9.02. The Bertz CT molecular complexity index is 994. The Labute approximate surface area is 176 Å². The van der Waals surface area contributed by atoms with Gasteiger partial charge in [-0.15, -0.1) is 0 Å². The van der Waals surface area contributed by atoms with Crippen molar-refractivity contribution in [1.29, 1.82) is 0 Å². The van der Waals surface area contributed by atoms with Gasteiger partial charge in [-0.2, -0.15) is 0 Å². The van der Waals surface area contributed by atoms with Gasteiger partial charge in [-0.1, -0.05) is 25.1 Å². The number of urea groups is 1. The van der Waals surface area contributed by atoms with Crippen molar-refractivity contribution in [3.63, 3.8) is 0 Å². The van der Waals surface area contributed by atoms with Crippen LogP contribution in [0.5, 0.6) is 0 Å². The minimum Gasteiger partial charge on any atom is -0.449 e. The first-order valence-corrected chi connectivity index (χ1v) is 10.3. The highest BCUT2D eigenvalue weighted by atomic mass is 16.5. The van der Waals surface area contributed by atoms with E-state index >= 15 is 0 Å². The predicted molar refractivity (Wildman–Crippen MR) is 114 cm³/mol. The van der Waals surface area contributed by atoms with Crippen molar-refractivity contribution in [2.24, 2.45) is 5.92 Å². The summed E-state index contributed by atoms with van der Waals surface area (Å²) in [6, 6.07) is 6.83. The number of pyridine rings is 1. The van der Waals surface area contributed by atoms with Crippen molar-refractivity contribution in [2.45, 2.75) is 65.5 Å². The van der Waals surface area contributed by atoms with Crippen LogP contribution in [0.2, 0.25) is 0 Å². The molecule has 1 aliphatic rings. The van der Waals surface area contributed by atoms with E-state index in [4.69, 9.17) is 9.72 Å². The number of fused-ring (bicyclic) bond motifs is 2. The third-order valence-electron chi connectivity index (χ3n) is 5.09. The van der Waals surface area contributed by atoms with E-state index in [9.17, 15) is 14.4 Å². The third kappa shape index (κ3) is 4.96. The molecular weight excluding hydrogens is 382 g/mol. The number of aryl methyl sites for hydroxylation is 1. The highest BCUT2D eigenvalue weighted by Gasteiger charge is 2.29. The lowest BCUT2D eigenvalue weighted by atomic mass is 9.84. The first-order valence-electron chi connectivity index (χ1n) is 10.3. The molecule has 30 heavy (non-hydrogen) atoms. The van der Waals surface area contributed by atoms with Crippen LogP contribution < -0.4 is 10.6 Å². The molecule has 7 nitrogen and oxygen atoms in total. The van der Waals surface area contributed by atoms with Crippen LogP contribution in [0.25, 0.3) is 10.9 Å². The van der Waals surface area contributed by atoms with E-state index in [1.165, 1.54) is 6.92 Å². The number of rotatable bonds is 3. The van der Waals surface area contributed by atoms with Crippen LogP contribution in [0.4, 0.5) is 4.79 Å². The highest BCUT2D eigenvalue weighted by Crippen LogP contribution is 2.32. The monoisotopic (exact) mass is 411 g/mol. The lowest BCUT2D eigenvalue weighted by molar-refractivity contribution is -0.127. The van der Waals surface area contributed by atoms with Gasteiger partial charge in [0.15, 0.2) is 6.10 Å². The smallest absolute Gasteiger partial charge is 0.339 e. The van der Waals surface area contributed by atoms with Gasteiger partial charge in [0.25, 0.3) is 5.91 Å². The minimum atomic E-state index is -1.12. The summed E-state index contributed by atoms with van der Waals surface area (Å²) in [4.78, 5) is 42.2. The zero-order valence-corrected chi connectivity index (χ0v) is 18.2. The van der Waals surface area contributed by atoms with E-state index < -0.39 is 29.6 Å². The largest absolute Gasteiger partial charge is 0.449 e. The van der Waals surface area contributed by atoms with Gasteiger partial charge in [-0.25, -0.2) is 9.59 Å². The first-order chi connectivity index (χ1) is 14.0. The van der Waals surface area contributed by atoms with E-state index in [1.54, 1.807) is 20.8 Å². The number of esters is 1. The zero-order valence-electron chi connectivity index (χ0n) is 18.2. The molecule has 2 N–H and O–H groups in total. The molecule has 1 heterocycles. The molecular formula is C23H29N3O4. The zero-order chi connectivity index (χ0) is 22.1. The van der Waals surface area contributed by atoms with Crippen molar-refractivity contribution in [3.05, 3.63) is 41.1 Å². The lowest BCUT2D eigenvalue weighted by Gasteiger charge is -2.25. The Morgan fingerprint density at radius 1 is 1.20 bits per heavy atom. The average molecular weight is 412 g/mol. The Balaban J connectivity index is 1.84. The molecule has 3 amide bonds. The quantitative estimate of drug-likeness (QED) is 0.753. The number of aromatic nitrogens is 1. The number of nitrogens with one attached hydrogen (secondary N) is 2. The minimum absolute atomic E-state index is 0.439. The van der Waals surface area contributed by atoms with E-state index in [-0.39, 0.29) is 0 Å². The summed E-state index contributed by atoms with van der Waals surface area (Å²) >= 11 is 0. The second kappa shape index (κ2) is 8.42. The number of imide groups is 1. The van der Waals surface area contributed by atoms with Gasteiger partial charge in [0.2, 0.25) is 0 Å². The summed E-state index contributed by atoms with van der Waals surface area (Å²) in [6.07, 6.45) is 1.46. The van der Waals surface area contributed by atoms with Crippen LogP contribution in [-0.4, -0.2) is 34.5 Å². The van der Waals surface area contributed by atoms with E-state index in [2.05, 4.69) is 17.6 Å². The molecule has 1 aromatic carbocycles. The Morgan fingerprint density at radius 3 is 2.60 bits per heavy atom. The number of carbonyl (C=O) groups excluding carboxylic acids is 3. The summed E-state index contributed by atoms with van der Waals surface area (Å²) in [5.41, 5.74) is 2.53. The summed E-state index contributed by atoms with van der Waals surface area (Å²) in [7, 11) is 0. The summed E-state index contributed by atoms with van der Waals surface area (Å²) < 4.78 is 5.48. The molecule has 2 atom stereocenters. The van der Waals surface area contributed by atoms with Crippen molar-refractivity contribution >= 4 is 28.8 Å². The van der Waals surface area contributed by atoms with Crippen LogP contribution in [0.15, 0.2) is 24.3 Å². The van der Waals surface area contributed by atoms with Crippen LogP contribution >= 0.6 is 0 Å². The van der Waals surface area contributed by atoms with Crippen molar-refractivity contribution in [1.82, 2.24) is 15.6 Å². The van der Waals surface area contributed by atoms with Gasteiger partial charge in [0.05, 0.1) is 11.1 Å². The average Bonchev–Trinajstić information content (AvgIpc) is 2.64. The Kier molecular flexibility index (Phi) is 6.10. The van der Waals surface area contributed by atoms with Gasteiger partial charge in [0.1, 0.15) is 0 Å². The second-order valence-electron chi connectivity index (χ2n) is 9.02. The number of hydrogen-bond acceptors (Lipinski definition) is 5. The number of para-hydroxylation sites is 1. The molecule has 0 saturated heterocycles. The Morgan fingerprint density at radius 2 is 1.90 bits per heavy atom. The molecule has 1 aliphatic carbocycles. The maximum atomic E-state index is 13.1. The fraction of sp³-hybridized carbons (Fsp3) is 0.478. The van der Waals surface area contributed by atoms with Crippen LogP contribution in [0.1, 0.15) is 62.7 Å². The van der Waals surface area contributed by atoms with Gasteiger partial charge in [-0.05, 0) is 64.5 Å². The fourth-order valence-corrected chi connectivity index (χ4v) is 3.65. The second-order valence-corrected chi connectivity index (χ2v) is 9.02. The number of amides is 3. The topological polar surface area (TPSA) is 97.4 Å².